The molecule has 13 heavy (non-hydrogen) atoms. The van der Waals surface area contributed by atoms with Crippen molar-refractivity contribution in [3.05, 3.63) is 23.4 Å². The van der Waals surface area contributed by atoms with Gasteiger partial charge in [0.05, 0.1) is 21.8 Å². The molecule has 0 fully saturated rings. The fourth-order valence-electron chi connectivity index (χ4n) is 1.15. The molecular formula is C8H4ClN3S. The molecule has 0 spiro atoms. The minimum atomic E-state index is 0.472. The number of benzene rings is 1. The molecule has 0 aliphatic rings. The Morgan fingerprint density at radius 2 is 2.38 bits per heavy atom. The van der Waals surface area contributed by atoms with Crippen LogP contribution in [0.4, 0.5) is 5.69 Å². The van der Waals surface area contributed by atoms with Gasteiger partial charge in [0.1, 0.15) is 5.15 Å². The van der Waals surface area contributed by atoms with Gasteiger partial charge in [-0.2, -0.15) is 10.1 Å². The molecule has 1 heterocycles. The molecule has 0 radical (unpaired) electrons. The molecule has 0 bridgehead atoms. The van der Waals surface area contributed by atoms with Crippen molar-refractivity contribution in [1.29, 1.82) is 0 Å². The normalized spacial score (nSPS) is 9.92. The fourth-order valence-corrected chi connectivity index (χ4v) is 1.49. The number of hydrogen-bond donors (Lipinski definition) is 1. The summed E-state index contributed by atoms with van der Waals surface area (Å²) >= 11 is 10.4. The molecule has 1 aromatic heterocycles. The van der Waals surface area contributed by atoms with Gasteiger partial charge in [-0.05, 0) is 24.4 Å². The van der Waals surface area contributed by atoms with Gasteiger partial charge in [0.15, 0.2) is 0 Å². The molecule has 1 aromatic carbocycles. The summed E-state index contributed by atoms with van der Waals surface area (Å²) in [5.41, 5.74) is 1.46. The van der Waals surface area contributed by atoms with Crippen LogP contribution in [0.3, 0.4) is 0 Å². The Labute approximate surface area is 84.4 Å². The molecule has 2 aromatic rings. The third-order valence-corrected chi connectivity index (χ3v) is 2.05. The SMILES string of the molecule is S=C=Nc1cccc2n[nH]c(Cl)c12. The van der Waals surface area contributed by atoms with Gasteiger partial charge in [-0.3, -0.25) is 5.10 Å². The van der Waals surface area contributed by atoms with Crippen LogP contribution in [0, 0.1) is 0 Å². The maximum atomic E-state index is 5.87. The number of aromatic nitrogens is 2. The van der Waals surface area contributed by atoms with Crippen LogP contribution in [0.2, 0.25) is 5.15 Å². The first-order valence-corrected chi connectivity index (χ1v) is 4.32. The topological polar surface area (TPSA) is 41.0 Å². The number of aliphatic imine (C=N–C) groups is 1. The number of rotatable bonds is 1. The number of thiocarbonyl (C=S) groups is 1. The predicted molar refractivity (Wildman–Crippen MR) is 55.8 cm³/mol. The van der Waals surface area contributed by atoms with Crippen molar-refractivity contribution in [2.45, 2.75) is 0 Å². The minimum Gasteiger partial charge on any atom is -0.266 e. The Morgan fingerprint density at radius 1 is 1.54 bits per heavy atom. The lowest BCUT2D eigenvalue weighted by molar-refractivity contribution is 1.12. The Morgan fingerprint density at radius 3 is 3.15 bits per heavy atom. The number of fused-ring (bicyclic) bond motifs is 1. The van der Waals surface area contributed by atoms with Crippen LogP contribution in [0.15, 0.2) is 23.2 Å². The first kappa shape index (κ1) is 8.38. The summed E-state index contributed by atoms with van der Waals surface area (Å²) in [5, 5.41) is 10.2. The standard InChI is InChI=1S/C8H4ClN3S/c9-8-7-5(10-4-13)2-1-3-6(7)11-12-8/h1-3H,(H,11,12). The first-order chi connectivity index (χ1) is 6.33. The summed E-state index contributed by atoms with van der Waals surface area (Å²) in [6.45, 7) is 0. The molecule has 0 aliphatic heterocycles. The summed E-state index contributed by atoms with van der Waals surface area (Å²) in [4.78, 5) is 3.89. The minimum absolute atomic E-state index is 0.472. The average Bonchev–Trinajstić information content (AvgIpc) is 2.50. The van der Waals surface area contributed by atoms with E-state index in [1.807, 2.05) is 18.2 Å². The molecule has 0 unspecified atom stereocenters. The van der Waals surface area contributed by atoms with Crippen molar-refractivity contribution in [3.63, 3.8) is 0 Å². The first-order valence-electron chi connectivity index (χ1n) is 3.53. The van der Waals surface area contributed by atoms with Crippen LogP contribution in [0.1, 0.15) is 0 Å². The molecule has 0 amide bonds. The van der Waals surface area contributed by atoms with E-state index in [1.54, 1.807) is 0 Å². The largest absolute Gasteiger partial charge is 0.266 e. The molecule has 3 nitrogen and oxygen atoms in total. The van der Waals surface area contributed by atoms with Gasteiger partial charge < -0.3 is 0 Å². The van der Waals surface area contributed by atoms with Crippen molar-refractivity contribution in [2.24, 2.45) is 4.99 Å². The Hall–Kier alpha value is -1.22. The number of H-pyrrole nitrogens is 1. The van der Waals surface area contributed by atoms with E-state index in [1.165, 1.54) is 0 Å². The van der Waals surface area contributed by atoms with Crippen LogP contribution in [0.5, 0.6) is 0 Å². The van der Waals surface area contributed by atoms with Gasteiger partial charge in [-0.25, -0.2) is 0 Å². The number of hydrogen-bond acceptors (Lipinski definition) is 3. The molecule has 1 N–H and O–H groups in total. The van der Waals surface area contributed by atoms with Gasteiger partial charge in [-0.15, -0.1) is 0 Å². The highest BCUT2D eigenvalue weighted by atomic mass is 35.5. The van der Waals surface area contributed by atoms with Gasteiger partial charge in [-0.1, -0.05) is 17.7 Å². The third kappa shape index (κ3) is 1.35. The maximum absolute atomic E-state index is 5.87. The number of nitrogens with one attached hydrogen (secondary N) is 1. The van der Waals surface area contributed by atoms with Gasteiger partial charge in [0, 0.05) is 0 Å². The average molecular weight is 210 g/mol. The Balaban J connectivity index is 2.87. The quantitative estimate of drug-likeness (QED) is 0.580. The smallest absolute Gasteiger partial charge is 0.134 e. The maximum Gasteiger partial charge on any atom is 0.134 e. The third-order valence-electron chi connectivity index (χ3n) is 1.68. The molecule has 5 heteroatoms. The summed E-state index contributed by atoms with van der Waals surface area (Å²) < 4.78 is 0. The number of isothiocyanates is 1. The zero-order valence-electron chi connectivity index (χ0n) is 6.41. The summed E-state index contributed by atoms with van der Waals surface area (Å²) in [6.07, 6.45) is 0. The van der Waals surface area contributed by atoms with E-state index in [9.17, 15) is 0 Å². The van der Waals surface area contributed by atoms with Crippen LogP contribution < -0.4 is 0 Å². The summed E-state index contributed by atoms with van der Waals surface area (Å²) in [6, 6.07) is 5.49. The number of nitrogens with zero attached hydrogens (tertiary/aromatic N) is 2. The number of aromatic amines is 1. The molecule has 0 atom stereocenters. The second-order valence-corrected chi connectivity index (χ2v) is 2.97. The monoisotopic (exact) mass is 209 g/mol. The highest BCUT2D eigenvalue weighted by molar-refractivity contribution is 7.78. The molecule has 2 rings (SSSR count). The van der Waals surface area contributed by atoms with Gasteiger partial charge >= 0.3 is 0 Å². The molecule has 0 saturated heterocycles. The molecule has 0 saturated carbocycles. The second kappa shape index (κ2) is 3.26. The van der Waals surface area contributed by atoms with E-state index in [0.29, 0.717) is 10.8 Å². The zero-order valence-corrected chi connectivity index (χ0v) is 7.99. The van der Waals surface area contributed by atoms with Crippen LogP contribution >= 0.6 is 23.8 Å². The lowest BCUT2D eigenvalue weighted by Gasteiger charge is -1.92. The molecule has 64 valence electrons. The fraction of sp³-hybridized carbons (Fsp3) is 0. The Kier molecular flexibility index (Phi) is 2.10. The van der Waals surface area contributed by atoms with Crippen molar-refractivity contribution < 1.29 is 0 Å². The zero-order chi connectivity index (χ0) is 9.26. The van der Waals surface area contributed by atoms with E-state index in [0.717, 1.165) is 10.9 Å². The summed E-state index contributed by atoms with van der Waals surface area (Å²) in [7, 11) is 0. The van der Waals surface area contributed by atoms with Gasteiger partial charge in [0.2, 0.25) is 0 Å². The van der Waals surface area contributed by atoms with E-state index < -0.39 is 0 Å². The second-order valence-electron chi connectivity index (χ2n) is 2.41. The van der Waals surface area contributed by atoms with Crippen molar-refractivity contribution >= 4 is 45.6 Å². The van der Waals surface area contributed by atoms with Crippen LogP contribution in [-0.2, 0) is 0 Å². The highest BCUT2D eigenvalue weighted by Crippen LogP contribution is 2.29. The molecule has 0 aliphatic carbocycles. The molecular weight excluding hydrogens is 206 g/mol. The Bertz CT molecular complexity index is 499. The lowest BCUT2D eigenvalue weighted by Crippen LogP contribution is -1.68. The van der Waals surface area contributed by atoms with Crippen molar-refractivity contribution in [2.75, 3.05) is 0 Å². The van der Waals surface area contributed by atoms with Crippen LogP contribution in [0.25, 0.3) is 10.9 Å². The van der Waals surface area contributed by atoms with E-state index >= 15 is 0 Å². The highest BCUT2D eigenvalue weighted by Gasteiger charge is 2.06. The van der Waals surface area contributed by atoms with E-state index in [-0.39, 0.29) is 0 Å². The van der Waals surface area contributed by atoms with Gasteiger partial charge in [0.25, 0.3) is 0 Å². The lowest BCUT2D eigenvalue weighted by atomic mass is 10.2. The van der Waals surface area contributed by atoms with Crippen molar-refractivity contribution in [3.8, 4) is 0 Å². The van der Waals surface area contributed by atoms with Crippen LogP contribution in [-0.4, -0.2) is 15.4 Å². The predicted octanol–water partition coefficient (Wildman–Crippen LogP) is 2.95. The van der Waals surface area contributed by atoms with Crippen molar-refractivity contribution in [1.82, 2.24) is 10.2 Å². The van der Waals surface area contributed by atoms with E-state index in [2.05, 4.69) is 32.6 Å². The summed E-state index contributed by atoms with van der Waals surface area (Å²) in [5.74, 6) is 0. The van der Waals surface area contributed by atoms with E-state index in [4.69, 9.17) is 11.6 Å². The number of halogens is 1.